The second-order valence-corrected chi connectivity index (χ2v) is 10.9. The maximum Gasteiger partial charge on any atom is 0.338 e. The first-order valence-electron chi connectivity index (χ1n) is 10.7. The molecule has 1 atom stereocenters. The Bertz CT molecular complexity index is 1110. The van der Waals surface area contributed by atoms with Crippen LogP contribution in [0.15, 0.2) is 59.5 Å². The molecule has 3 N–H and O–H groups in total. The first-order chi connectivity index (χ1) is 15.8. The lowest BCUT2D eigenvalue weighted by molar-refractivity contribution is -0.132. The lowest BCUT2D eigenvalue weighted by Crippen LogP contribution is -2.41. The first-order valence-corrected chi connectivity index (χ1v) is 12.4. The molecule has 0 spiro atoms. The molecule has 0 unspecified atom stereocenters. The molecule has 0 saturated heterocycles. The Balaban J connectivity index is 1.86. The Morgan fingerprint density at radius 3 is 2.18 bits per heavy atom. The number of carbonyl (C=O) groups excluding carboxylic acids is 3. The van der Waals surface area contributed by atoms with E-state index in [1.165, 1.54) is 48.3 Å². The van der Waals surface area contributed by atoms with Crippen LogP contribution in [0.25, 0.3) is 0 Å². The Morgan fingerprint density at radius 1 is 1.03 bits per heavy atom. The van der Waals surface area contributed by atoms with Crippen LogP contribution in [0.5, 0.6) is 0 Å². The fraction of sp³-hybridized carbons (Fsp3) is 0.375. The summed E-state index contributed by atoms with van der Waals surface area (Å²) in [5.74, 6) is -1.76. The highest BCUT2D eigenvalue weighted by molar-refractivity contribution is 7.91. The third kappa shape index (κ3) is 8.27. The molecule has 2 aromatic carbocycles. The standard InChI is InChI=1S/C24H31N3O6S/c1-24(2,3)33-23(30)17-10-12-18(13-11-17)26-22(29)20(25)16-21(28)27(4)14-15-34(31,32)19-8-6-5-7-9-19/h5-13,20H,14-16,25H2,1-4H3,(H,26,29)/t20-/m0/s1. The van der Waals surface area contributed by atoms with Gasteiger partial charge in [-0.3, -0.25) is 9.59 Å². The number of rotatable bonds is 9. The highest BCUT2D eigenvalue weighted by Crippen LogP contribution is 2.15. The lowest BCUT2D eigenvalue weighted by Gasteiger charge is -2.20. The quantitative estimate of drug-likeness (QED) is 0.516. The Morgan fingerprint density at radius 2 is 1.62 bits per heavy atom. The van der Waals surface area contributed by atoms with Gasteiger partial charge < -0.3 is 20.7 Å². The molecule has 2 aromatic rings. The van der Waals surface area contributed by atoms with Crippen LogP contribution in [0.1, 0.15) is 37.6 Å². The van der Waals surface area contributed by atoms with Gasteiger partial charge in [-0.25, -0.2) is 13.2 Å². The van der Waals surface area contributed by atoms with E-state index in [9.17, 15) is 22.8 Å². The summed E-state index contributed by atoms with van der Waals surface area (Å²) in [6, 6.07) is 12.9. The highest BCUT2D eigenvalue weighted by atomic mass is 32.2. The average Bonchev–Trinajstić information content (AvgIpc) is 2.77. The van der Waals surface area contributed by atoms with Gasteiger partial charge in [0.25, 0.3) is 0 Å². The van der Waals surface area contributed by atoms with Gasteiger partial charge in [-0.1, -0.05) is 18.2 Å². The van der Waals surface area contributed by atoms with Gasteiger partial charge in [-0.15, -0.1) is 0 Å². The van der Waals surface area contributed by atoms with Crippen molar-refractivity contribution in [1.29, 1.82) is 0 Å². The van der Waals surface area contributed by atoms with Gasteiger partial charge in [0.2, 0.25) is 11.8 Å². The Labute approximate surface area is 200 Å². The van der Waals surface area contributed by atoms with Crippen molar-refractivity contribution in [2.24, 2.45) is 5.73 Å². The summed E-state index contributed by atoms with van der Waals surface area (Å²) in [5, 5.41) is 2.60. The summed E-state index contributed by atoms with van der Waals surface area (Å²) in [6.07, 6.45) is -0.288. The summed E-state index contributed by atoms with van der Waals surface area (Å²) < 4.78 is 30.0. The maximum absolute atomic E-state index is 12.4. The zero-order chi connectivity index (χ0) is 25.5. The van der Waals surface area contributed by atoms with E-state index in [1.807, 2.05) is 0 Å². The largest absolute Gasteiger partial charge is 0.456 e. The summed E-state index contributed by atoms with van der Waals surface area (Å²) in [6.45, 7) is 5.27. The second-order valence-electron chi connectivity index (χ2n) is 8.83. The molecular weight excluding hydrogens is 458 g/mol. The van der Waals surface area contributed by atoms with Crippen LogP contribution in [0.3, 0.4) is 0 Å². The molecule has 0 aromatic heterocycles. The van der Waals surface area contributed by atoms with Gasteiger partial charge in [0.05, 0.1) is 28.7 Å². The highest BCUT2D eigenvalue weighted by Gasteiger charge is 2.22. The van der Waals surface area contributed by atoms with Crippen molar-refractivity contribution in [2.45, 2.75) is 43.7 Å². The topological polar surface area (TPSA) is 136 Å². The van der Waals surface area contributed by atoms with Crippen LogP contribution in [-0.2, 0) is 24.2 Å². The third-order valence-corrected chi connectivity index (χ3v) is 6.45. The lowest BCUT2D eigenvalue weighted by atomic mass is 10.1. The number of esters is 1. The predicted octanol–water partition coefficient (Wildman–Crippen LogP) is 2.23. The van der Waals surface area contributed by atoms with Gasteiger partial charge in [-0.2, -0.15) is 0 Å². The molecule has 0 radical (unpaired) electrons. The minimum Gasteiger partial charge on any atom is -0.456 e. The minimum atomic E-state index is -3.53. The van der Waals surface area contributed by atoms with Gasteiger partial charge >= 0.3 is 5.97 Å². The van der Waals surface area contributed by atoms with Crippen LogP contribution >= 0.6 is 0 Å². The van der Waals surface area contributed by atoms with Gasteiger partial charge in [0.1, 0.15) is 5.60 Å². The number of nitrogens with zero attached hydrogens (tertiary/aromatic N) is 1. The van der Waals surface area contributed by atoms with Crippen molar-refractivity contribution in [3.8, 4) is 0 Å². The van der Waals surface area contributed by atoms with Crippen LogP contribution < -0.4 is 11.1 Å². The number of nitrogens with one attached hydrogen (secondary N) is 1. The van der Waals surface area contributed by atoms with Crippen LogP contribution in [0, 0.1) is 0 Å². The maximum atomic E-state index is 12.4. The molecule has 9 nitrogen and oxygen atoms in total. The molecule has 0 aliphatic carbocycles. The van der Waals surface area contributed by atoms with Crippen molar-refractivity contribution in [1.82, 2.24) is 4.90 Å². The van der Waals surface area contributed by atoms with Crippen molar-refractivity contribution in [3.63, 3.8) is 0 Å². The van der Waals surface area contributed by atoms with E-state index < -0.39 is 39.3 Å². The number of hydrogen-bond acceptors (Lipinski definition) is 7. The molecule has 0 saturated carbocycles. The summed E-state index contributed by atoms with van der Waals surface area (Å²) >= 11 is 0. The van der Waals surface area contributed by atoms with Crippen molar-refractivity contribution < 1.29 is 27.5 Å². The van der Waals surface area contributed by atoms with Gasteiger partial charge in [0.15, 0.2) is 9.84 Å². The molecule has 184 valence electrons. The van der Waals surface area contributed by atoms with E-state index in [0.717, 1.165) is 0 Å². The molecule has 2 rings (SSSR count). The zero-order valence-corrected chi connectivity index (χ0v) is 20.6. The normalized spacial score (nSPS) is 12.5. The predicted molar refractivity (Wildman–Crippen MR) is 129 cm³/mol. The second kappa shape index (κ2) is 11.3. The van der Waals surface area contributed by atoms with Crippen LogP contribution in [0.2, 0.25) is 0 Å². The van der Waals surface area contributed by atoms with E-state index >= 15 is 0 Å². The first kappa shape index (κ1) is 27.0. The molecule has 0 aliphatic heterocycles. The molecule has 0 aliphatic rings. The molecule has 0 fully saturated rings. The molecule has 2 amide bonds. The number of benzene rings is 2. The van der Waals surface area contributed by atoms with E-state index in [0.29, 0.717) is 11.3 Å². The molecule has 0 heterocycles. The monoisotopic (exact) mass is 489 g/mol. The summed E-state index contributed by atoms with van der Waals surface area (Å²) in [7, 11) is -2.07. The summed E-state index contributed by atoms with van der Waals surface area (Å²) in [5.41, 5.74) is 5.99. The van der Waals surface area contributed by atoms with Crippen molar-refractivity contribution >= 4 is 33.3 Å². The van der Waals surface area contributed by atoms with Crippen LogP contribution in [-0.4, -0.2) is 62.1 Å². The fourth-order valence-corrected chi connectivity index (χ4v) is 4.15. The van der Waals surface area contributed by atoms with E-state index in [2.05, 4.69) is 5.32 Å². The molecule has 34 heavy (non-hydrogen) atoms. The fourth-order valence-electron chi connectivity index (χ4n) is 2.83. The van der Waals surface area contributed by atoms with Crippen molar-refractivity contribution in [3.05, 3.63) is 60.2 Å². The number of ether oxygens (including phenoxy) is 1. The number of sulfone groups is 1. The Hall–Kier alpha value is -3.24. The number of anilines is 1. The average molecular weight is 490 g/mol. The van der Waals surface area contributed by atoms with Crippen molar-refractivity contribution in [2.75, 3.05) is 24.7 Å². The van der Waals surface area contributed by atoms with E-state index in [-0.39, 0.29) is 23.6 Å². The van der Waals surface area contributed by atoms with Gasteiger partial charge in [0, 0.05) is 19.3 Å². The summed E-state index contributed by atoms with van der Waals surface area (Å²) in [4.78, 5) is 38.3. The molecule has 10 heteroatoms. The third-order valence-electron chi connectivity index (χ3n) is 4.74. The van der Waals surface area contributed by atoms with E-state index in [1.54, 1.807) is 39.0 Å². The number of amides is 2. The number of hydrogen-bond donors (Lipinski definition) is 2. The SMILES string of the molecule is CN(CCS(=O)(=O)c1ccccc1)C(=O)C[C@H](N)C(=O)Nc1ccc(C(=O)OC(C)(C)C)cc1. The minimum absolute atomic E-state index is 0.0312. The Kier molecular flexibility index (Phi) is 8.94. The molecule has 0 bridgehead atoms. The van der Waals surface area contributed by atoms with Gasteiger partial charge in [-0.05, 0) is 57.2 Å². The smallest absolute Gasteiger partial charge is 0.338 e. The number of nitrogens with two attached hydrogens (primary N) is 1. The van der Waals surface area contributed by atoms with Crippen LogP contribution in [0.4, 0.5) is 5.69 Å². The number of carbonyl (C=O) groups is 3. The molecular formula is C24H31N3O6S. The van der Waals surface area contributed by atoms with E-state index in [4.69, 9.17) is 10.5 Å². The zero-order valence-electron chi connectivity index (χ0n) is 19.8.